The van der Waals surface area contributed by atoms with Crippen LogP contribution in [0.2, 0.25) is 0 Å². The molecule has 13 rings (SSSR count). The zero-order chi connectivity index (χ0) is 42.8. The largest absolute Gasteiger partial charge is 0.456 e. The number of furan rings is 1. The van der Waals surface area contributed by atoms with E-state index < -0.39 is 0 Å². The summed E-state index contributed by atoms with van der Waals surface area (Å²) in [4.78, 5) is 2.35. The molecule has 11 aromatic carbocycles. The monoisotopic (exact) mass is 828 g/mol. The van der Waals surface area contributed by atoms with Gasteiger partial charge in [0.25, 0.3) is 0 Å². The number of aromatic nitrogens is 1. The van der Waals surface area contributed by atoms with Crippen molar-refractivity contribution in [1.82, 2.24) is 4.57 Å². The standard InChI is InChI=1S/C62H40N2O/c1-3-15-41(16-4-1)43-27-31-46(32-28-43)63(47-33-29-44(30-34-47)42-17-5-2-6-18-42)48-35-37-49(38-36-48)64-56-25-13-11-23-53(56)60-57(64)40-59-61(54-24-12-14-26-58(54)65-59)62(60)55-39-45-19-7-8-20-50(45)51-21-9-10-22-52(51)55/h1-40H. The number of fused-ring (bicyclic) bond motifs is 9. The summed E-state index contributed by atoms with van der Waals surface area (Å²) in [6.45, 7) is 0. The molecule has 2 heterocycles. The van der Waals surface area contributed by atoms with Crippen LogP contribution in [0.4, 0.5) is 17.1 Å². The Morgan fingerprint density at radius 1 is 0.323 bits per heavy atom. The van der Waals surface area contributed by atoms with Gasteiger partial charge in [-0.1, -0.05) is 170 Å². The molecule has 3 heteroatoms. The lowest BCUT2D eigenvalue weighted by atomic mass is 9.88. The highest BCUT2D eigenvalue weighted by atomic mass is 16.3. The topological polar surface area (TPSA) is 21.3 Å². The van der Waals surface area contributed by atoms with Gasteiger partial charge in [0.15, 0.2) is 0 Å². The molecule has 0 unspecified atom stereocenters. The van der Waals surface area contributed by atoms with Crippen LogP contribution >= 0.6 is 0 Å². The third-order valence-corrected chi connectivity index (χ3v) is 13.2. The van der Waals surface area contributed by atoms with E-state index in [2.05, 4.69) is 252 Å². The van der Waals surface area contributed by atoms with Crippen LogP contribution in [0.15, 0.2) is 247 Å². The molecule has 0 atom stereocenters. The van der Waals surface area contributed by atoms with Gasteiger partial charge >= 0.3 is 0 Å². The lowest BCUT2D eigenvalue weighted by Crippen LogP contribution is -2.10. The summed E-state index contributed by atoms with van der Waals surface area (Å²) in [5, 5.41) is 9.60. The molecule has 0 aliphatic rings. The van der Waals surface area contributed by atoms with Crippen LogP contribution in [0.25, 0.3) is 104 Å². The Morgan fingerprint density at radius 2 is 0.815 bits per heavy atom. The van der Waals surface area contributed by atoms with Gasteiger partial charge in [0, 0.05) is 55.9 Å². The molecule has 0 bridgehead atoms. The average Bonchev–Trinajstić information content (AvgIpc) is 3.92. The maximum Gasteiger partial charge on any atom is 0.138 e. The van der Waals surface area contributed by atoms with Gasteiger partial charge in [0.2, 0.25) is 0 Å². The number of hydrogen-bond acceptors (Lipinski definition) is 2. The quantitative estimate of drug-likeness (QED) is 0.149. The van der Waals surface area contributed by atoms with Gasteiger partial charge in [-0.15, -0.1) is 0 Å². The van der Waals surface area contributed by atoms with Gasteiger partial charge in [0.05, 0.1) is 11.0 Å². The van der Waals surface area contributed by atoms with Crippen LogP contribution in [0, 0.1) is 0 Å². The van der Waals surface area contributed by atoms with Crippen molar-refractivity contribution in [3.05, 3.63) is 243 Å². The predicted octanol–water partition coefficient (Wildman–Crippen LogP) is 17.5. The van der Waals surface area contributed by atoms with Gasteiger partial charge in [-0.05, 0) is 116 Å². The number of anilines is 3. The molecular formula is C62H40N2O. The van der Waals surface area contributed by atoms with Gasteiger partial charge in [-0.25, -0.2) is 0 Å². The smallest absolute Gasteiger partial charge is 0.138 e. The fraction of sp³-hybridized carbons (Fsp3) is 0. The first-order valence-corrected chi connectivity index (χ1v) is 22.2. The maximum atomic E-state index is 6.81. The minimum atomic E-state index is 0.871. The van der Waals surface area contributed by atoms with Crippen molar-refractivity contribution in [3.8, 4) is 39.1 Å². The predicted molar refractivity (Wildman–Crippen MR) is 274 cm³/mol. The number of benzene rings is 11. The number of hydrogen-bond donors (Lipinski definition) is 0. The van der Waals surface area contributed by atoms with Gasteiger partial charge in [0.1, 0.15) is 11.2 Å². The molecule has 13 aromatic rings. The van der Waals surface area contributed by atoms with Crippen LogP contribution in [-0.2, 0) is 0 Å². The fourth-order valence-electron chi connectivity index (χ4n) is 10.2. The zero-order valence-electron chi connectivity index (χ0n) is 35.4. The molecule has 0 saturated heterocycles. The Bertz CT molecular complexity index is 3820. The summed E-state index contributed by atoms with van der Waals surface area (Å²) in [5.74, 6) is 0. The second-order valence-corrected chi connectivity index (χ2v) is 16.8. The van der Waals surface area contributed by atoms with Crippen molar-refractivity contribution in [3.63, 3.8) is 0 Å². The first-order chi connectivity index (χ1) is 32.2. The molecule has 0 radical (unpaired) electrons. The summed E-state index contributed by atoms with van der Waals surface area (Å²) in [6.07, 6.45) is 0. The number of nitrogens with zero attached hydrogens (tertiary/aromatic N) is 2. The van der Waals surface area contributed by atoms with E-state index in [4.69, 9.17) is 4.42 Å². The Labute approximate surface area is 376 Å². The fourth-order valence-corrected chi connectivity index (χ4v) is 10.2. The highest BCUT2D eigenvalue weighted by Crippen LogP contribution is 2.49. The Balaban J connectivity index is 1.02. The van der Waals surface area contributed by atoms with Crippen LogP contribution in [0.5, 0.6) is 0 Å². The minimum Gasteiger partial charge on any atom is -0.456 e. The Morgan fingerprint density at radius 3 is 1.46 bits per heavy atom. The van der Waals surface area contributed by atoms with E-state index in [1.54, 1.807) is 0 Å². The van der Waals surface area contributed by atoms with Crippen molar-refractivity contribution in [2.45, 2.75) is 0 Å². The first kappa shape index (κ1) is 36.9. The zero-order valence-corrected chi connectivity index (χ0v) is 35.4. The SMILES string of the molecule is c1ccc(-c2ccc(N(c3ccc(-c4ccccc4)cc3)c3ccc(-n4c5ccccc5c5c(-c6cc7ccccc7c7ccccc67)c6c(cc54)oc4ccccc46)cc3)cc2)cc1. The summed E-state index contributed by atoms with van der Waals surface area (Å²) < 4.78 is 9.23. The third kappa shape index (κ3) is 6.05. The maximum absolute atomic E-state index is 6.81. The van der Waals surface area contributed by atoms with E-state index >= 15 is 0 Å². The van der Waals surface area contributed by atoms with E-state index in [1.807, 2.05) is 0 Å². The molecule has 0 aliphatic heterocycles. The lowest BCUT2D eigenvalue weighted by molar-refractivity contribution is 0.669. The molecule has 2 aromatic heterocycles. The second-order valence-electron chi connectivity index (χ2n) is 16.8. The van der Waals surface area contributed by atoms with E-state index in [0.29, 0.717) is 0 Å². The molecule has 0 amide bonds. The third-order valence-electron chi connectivity index (χ3n) is 13.2. The van der Waals surface area contributed by atoms with Gasteiger partial charge < -0.3 is 13.9 Å². The van der Waals surface area contributed by atoms with Crippen molar-refractivity contribution in [2.75, 3.05) is 4.90 Å². The van der Waals surface area contributed by atoms with Crippen LogP contribution in [0.1, 0.15) is 0 Å². The highest BCUT2D eigenvalue weighted by Gasteiger charge is 2.24. The van der Waals surface area contributed by atoms with Crippen molar-refractivity contribution in [1.29, 1.82) is 0 Å². The van der Waals surface area contributed by atoms with E-state index in [9.17, 15) is 0 Å². The molecule has 65 heavy (non-hydrogen) atoms. The van der Waals surface area contributed by atoms with Crippen molar-refractivity contribution >= 4 is 82.4 Å². The van der Waals surface area contributed by atoms with E-state index in [0.717, 1.165) is 55.7 Å². The van der Waals surface area contributed by atoms with Gasteiger partial charge in [-0.2, -0.15) is 0 Å². The molecule has 0 N–H and O–H groups in total. The molecular weight excluding hydrogens is 789 g/mol. The summed E-state index contributed by atoms with van der Waals surface area (Å²) in [6, 6.07) is 87.5. The van der Waals surface area contributed by atoms with Crippen LogP contribution in [-0.4, -0.2) is 4.57 Å². The Hall–Kier alpha value is -8.66. The number of rotatable bonds is 7. The Kier molecular flexibility index (Phi) is 8.53. The minimum absolute atomic E-state index is 0.871. The normalized spacial score (nSPS) is 11.7. The molecule has 0 aliphatic carbocycles. The molecule has 304 valence electrons. The summed E-state index contributed by atoms with van der Waals surface area (Å²) in [5.41, 5.74) is 15.5. The van der Waals surface area contributed by atoms with Crippen molar-refractivity contribution in [2.24, 2.45) is 0 Å². The molecule has 0 spiro atoms. The van der Waals surface area contributed by atoms with Crippen LogP contribution in [0.3, 0.4) is 0 Å². The van der Waals surface area contributed by atoms with E-state index in [-0.39, 0.29) is 0 Å². The summed E-state index contributed by atoms with van der Waals surface area (Å²) >= 11 is 0. The van der Waals surface area contributed by atoms with Crippen molar-refractivity contribution < 1.29 is 4.42 Å². The molecule has 0 saturated carbocycles. The lowest BCUT2D eigenvalue weighted by Gasteiger charge is -2.26. The van der Waals surface area contributed by atoms with Crippen LogP contribution < -0.4 is 4.90 Å². The van der Waals surface area contributed by atoms with Gasteiger partial charge in [-0.3, -0.25) is 0 Å². The highest BCUT2D eigenvalue weighted by molar-refractivity contribution is 6.30. The second kappa shape index (κ2) is 15.0. The summed E-state index contributed by atoms with van der Waals surface area (Å²) in [7, 11) is 0. The average molecular weight is 829 g/mol. The first-order valence-electron chi connectivity index (χ1n) is 22.2. The molecule has 0 fully saturated rings. The van der Waals surface area contributed by atoms with E-state index in [1.165, 1.54) is 65.7 Å². The number of para-hydroxylation sites is 2. The molecule has 3 nitrogen and oxygen atoms in total.